The van der Waals surface area contributed by atoms with Gasteiger partial charge in [-0.25, -0.2) is 0 Å². The number of halogens is 1. The molecule has 0 saturated carbocycles. The normalized spacial score (nSPS) is 15.8. The van der Waals surface area contributed by atoms with Crippen LogP contribution >= 0.6 is 11.6 Å². The van der Waals surface area contributed by atoms with Gasteiger partial charge in [-0.05, 0) is 80.1 Å². The second kappa shape index (κ2) is 12.1. The van der Waals surface area contributed by atoms with Gasteiger partial charge in [-0.2, -0.15) is 0 Å². The molecule has 1 aliphatic heterocycles. The summed E-state index contributed by atoms with van der Waals surface area (Å²) in [5, 5.41) is 0.707. The van der Waals surface area contributed by atoms with Gasteiger partial charge in [0.05, 0.1) is 20.8 Å². The Morgan fingerprint density at radius 3 is 2.50 bits per heavy atom. The number of fused-ring (bicyclic) bond motifs is 1. The van der Waals surface area contributed by atoms with Crippen LogP contribution in [0.3, 0.4) is 0 Å². The first-order valence-electron chi connectivity index (χ1n) is 11.4. The van der Waals surface area contributed by atoms with Crippen LogP contribution in [0.4, 0.5) is 0 Å². The molecule has 5 nitrogen and oxygen atoms in total. The molecular weight excluding hydrogens is 426 g/mol. The van der Waals surface area contributed by atoms with E-state index < -0.39 is 0 Å². The summed E-state index contributed by atoms with van der Waals surface area (Å²) in [5.74, 6) is 1.45. The maximum atomic E-state index is 12.0. The Bertz CT molecular complexity index is 884. The molecule has 0 bridgehead atoms. The predicted molar refractivity (Wildman–Crippen MR) is 128 cm³/mol. The molecule has 0 saturated heterocycles. The fourth-order valence-electron chi connectivity index (χ4n) is 4.30. The minimum atomic E-state index is -0.137. The molecule has 1 heterocycles. The SMILES string of the molecule is COc1cc2c(cc1OC)C(CCCCCOC(=O)CCc1ccc(Cl)cc1)N(C)CC2. The van der Waals surface area contributed by atoms with Gasteiger partial charge in [0.15, 0.2) is 11.5 Å². The molecule has 1 atom stereocenters. The van der Waals surface area contributed by atoms with E-state index in [2.05, 4.69) is 24.1 Å². The number of rotatable bonds is 11. The number of aryl methyl sites for hydroxylation is 1. The van der Waals surface area contributed by atoms with Crippen molar-refractivity contribution in [1.29, 1.82) is 0 Å². The number of likely N-dealkylation sites (N-methyl/N-ethyl adjacent to an activating group) is 1. The van der Waals surface area contributed by atoms with Gasteiger partial charge in [-0.3, -0.25) is 9.69 Å². The van der Waals surface area contributed by atoms with Crippen molar-refractivity contribution in [2.75, 3.05) is 34.4 Å². The highest BCUT2D eigenvalue weighted by atomic mass is 35.5. The summed E-state index contributed by atoms with van der Waals surface area (Å²) in [6.07, 6.45) is 6.19. The lowest BCUT2D eigenvalue weighted by Gasteiger charge is -2.35. The van der Waals surface area contributed by atoms with E-state index in [0.29, 0.717) is 30.5 Å². The van der Waals surface area contributed by atoms with Crippen LogP contribution in [-0.2, 0) is 22.4 Å². The summed E-state index contributed by atoms with van der Waals surface area (Å²) in [5.41, 5.74) is 3.78. The van der Waals surface area contributed by atoms with Crippen molar-refractivity contribution in [3.63, 3.8) is 0 Å². The second-order valence-corrected chi connectivity index (χ2v) is 8.79. The van der Waals surface area contributed by atoms with Gasteiger partial charge < -0.3 is 14.2 Å². The molecule has 0 amide bonds. The van der Waals surface area contributed by atoms with E-state index in [4.69, 9.17) is 25.8 Å². The summed E-state index contributed by atoms with van der Waals surface area (Å²) >= 11 is 5.89. The third-order valence-electron chi connectivity index (χ3n) is 6.19. The molecule has 0 aromatic heterocycles. The van der Waals surface area contributed by atoms with Crippen LogP contribution in [0.25, 0.3) is 0 Å². The topological polar surface area (TPSA) is 48.0 Å². The average molecular weight is 460 g/mol. The highest BCUT2D eigenvalue weighted by molar-refractivity contribution is 6.30. The Kier molecular flexibility index (Phi) is 9.24. The van der Waals surface area contributed by atoms with Crippen LogP contribution in [-0.4, -0.2) is 45.3 Å². The number of hydrogen-bond donors (Lipinski definition) is 0. The first kappa shape index (κ1) is 24.4. The number of nitrogens with zero attached hydrogens (tertiary/aromatic N) is 1. The first-order chi connectivity index (χ1) is 15.5. The Morgan fingerprint density at radius 2 is 1.78 bits per heavy atom. The number of ether oxygens (including phenoxy) is 3. The molecule has 0 aliphatic carbocycles. The molecule has 3 rings (SSSR count). The molecule has 0 fully saturated rings. The van der Waals surface area contributed by atoms with E-state index in [1.807, 2.05) is 24.3 Å². The number of carbonyl (C=O) groups excluding carboxylic acids is 1. The average Bonchev–Trinajstić information content (AvgIpc) is 2.81. The molecule has 2 aromatic carbocycles. The Morgan fingerprint density at radius 1 is 1.06 bits per heavy atom. The van der Waals surface area contributed by atoms with Crippen LogP contribution in [0.1, 0.15) is 54.8 Å². The Balaban J connectivity index is 1.39. The van der Waals surface area contributed by atoms with Gasteiger partial charge >= 0.3 is 5.97 Å². The quantitative estimate of drug-likeness (QED) is 0.322. The van der Waals surface area contributed by atoms with Crippen LogP contribution in [0.15, 0.2) is 36.4 Å². The lowest BCUT2D eigenvalue weighted by atomic mass is 9.89. The zero-order chi connectivity index (χ0) is 22.9. The van der Waals surface area contributed by atoms with E-state index in [1.54, 1.807) is 14.2 Å². The van der Waals surface area contributed by atoms with Gasteiger partial charge in [0.2, 0.25) is 0 Å². The summed E-state index contributed by atoms with van der Waals surface area (Å²) < 4.78 is 16.4. The molecule has 1 aliphatic rings. The summed E-state index contributed by atoms with van der Waals surface area (Å²) in [6, 6.07) is 12.2. The standard InChI is InChI=1S/C26H34ClNO4/c1-28-15-14-20-17-24(30-2)25(31-3)18-22(20)23(28)7-5-4-6-16-32-26(29)13-10-19-8-11-21(27)12-9-19/h8-9,11-12,17-18,23H,4-7,10,13-16H2,1-3H3. The maximum Gasteiger partial charge on any atom is 0.306 e. The second-order valence-electron chi connectivity index (χ2n) is 8.35. The lowest BCUT2D eigenvalue weighted by molar-refractivity contribution is -0.143. The molecule has 0 spiro atoms. The fourth-order valence-corrected chi connectivity index (χ4v) is 4.43. The molecule has 0 radical (unpaired) electrons. The Labute approximate surface area is 196 Å². The van der Waals surface area contributed by atoms with Crippen molar-refractivity contribution in [3.05, 3.63) is 58.1 Å². The van der Waals surface area contributed by atoms with E-state index in [0.717, 1.165) is 55.7 Å². The van der Waals surface area contributed by atoms with Gasteiger partial charge in [0, 0.05) is 24.0 Å². The number of esters is 1. The highest BCUT2D eigenvalue weighted by Gasteiger charge is 2.26. The van der Waals surface area contributed by atoms with E-state index in [1.165, 1.54) is 11.1 Å². The van der Waals surface area contributed by atoms with Crippen LogP contribution < -0.4 is 9.47 Å². The van der Waals surface area contributed by atoms with Crippen LogP contribution in [0, 0.1) is 0 Å². The van der Waals surface area contributed by atoms with Crippen molar-refractivity contribution in [1.82, 2.24) is 4.90 Å². The van der Waals surface area contributed by atoms with Gasteiger partial charge in [-0.1, -0.05) is 30.2 Å². The van der Waals surface area contributed by atoms with E-state index in [9.17, 15) is 4.79 Å². The van der Waals surface area contributed by atoms with Crippen molar-refractivity contribution in [3.8, 4) is 11.5 Å². The zero-order valence-electron chi connectivity index (χ0n) is 19.4. The van der Waals surface area contributed by atoms with Crippen LogP contribution in [0.2, 0.25) is 5.02 Å². The van der Waals surface area contributed by atoms with E-state index in [-0.39, 0.29) is 5.97 Å². The minimum absolute atomic E-state index is 0.137. The molecule has 32 heavy (non-hydrogen) atoms. The predicted octanol–water partition coefficient (Wildman–Crippen LogP) is 5.62. The first-order valence-corrected chi connectivity index (χ1v) is 11.7. The molecule has 1 unspecified atom stereocenters. The number of methoxy groups -OCH3 is 2. The molecule has 174 valence electrons. The number of benzene rings is 2. The van der Waals surface area contributed by atoms with Crippen molar-refractivity contribution < 1.29 is 19.0 Å². The number of unbranched alkanes of at least 4 members (excludes halogenated alkanes) is 2. The maximum absolute atomic E-state index is 12.0. The van der Waals surface area contributed by atoms with Crippen molar-refractivity contribution in [2.24, 2.45) is 0 Å². The van der Waals surface area contributed by atoms with Crippen LogP contribution in [0.5, 0.6) is 11.5 Å². The minimum Gasteiger partial charge on any atom is -0.493 e. The van der Waals surface area contributed by atoms with Gasteiger partial charge in [-0.15, -0.1) is 0 Å². The molecule has 2 aromatic rings. The third kappa shape index (κ3) is 6.63. The van der Waals surface area contributed by atoms with Gasteiger partial charge in [0.25, 0.3) is 0 Å². The number of carbonyl (C=O) groups is 1. The Hall–Kier alpha value is -2.24. The van der Waals surface area contributed by atoms with Crippen molar-refractivity contribution in [2.45, 2.75) is 51.0 Å². The number of hydrogen-bond acceptors (Lipinski definition) is 5. The molecule has 6 heteroatoms. The summed E-state index contributed by atoms with van der Waals surface area (Å²) in [4.78, 5) is 14.4. The summed E-state index contributed by atoms with van der Waals surface area (Å²) in [6.45, 7) is 1.53. The van der Waals surface area contributed by atoms with E-state index >= 15 is 0 Å². The zero-order valence-corrected chi connectivity index (χ0v) is 20.1. The van der Waals surface area contributed by atoms with Crippen molar-refractivity contribution >= 4 is 17.6 Å². The molecule has 0 N–H and O–H groups in total. The van der Waals surface area contributed by atoms with Gasteiger partial charge in [0.1, 0.15) is 0 Å². The third-order valence-corrected chi connectivity index (χ3v) is 6.44. The highest BCUT2D eigenvalue weighted by Crippen LogP contribution is 2.39. The lowest BCUT2D eigenvalue weighted by Crippen LogP contribution is -2.32. The molecular formula is C26H34ClNO4. The summed E-state index contributed by atoms with van der Waals surface area (Å²) in [7, 11) is 5.55. The monoisotopic (exact) mass is 459 g/mol. The largest absolute Gasteiger partial charge is 0.493 e. The fraction of sp³-hybridized carbons (Fsp3) is 0.500. The smallest absolute Gasteiger partial charge is 0.306 e.